The van der Waals surface area contributed by atoms with E-state index >= 15 is 0 Å². The second kappa shape index (κ2) is 7.26. The van der Waals surface area contributed by atoms with Crippen molar-refractivity contribution in [3.63, 3.8) is 0 Å². The second-order valence-corrected chi connectivity index (χ2v) is 6.48. The number of carbonyl (C=O) groups is 1. The Morgan fingerprint density at radius 1 is 1.43 bits per heavy atom. The number of carboxylic acids is 1. The molecule has 4 heteroatoms. The van der Waals surface area contributed by atoms with Crippen LogP contribution in [0.5, 0.6) is 0 Å². The van der Waals surface area contributed by atoms with E-state index in [1.165, 1.54) is 6.07 Å². The van der Waals surface area contributed by atoms with Crippen molar-refractivity contribution in [1.29, 1.82) is 0 Å². The van der Waals surface area contributed by atoms with Gasteiger partial charge in [-0.3, -0.25) is 4.79 Å². The van der Waals surface area contributed by atoms with Gasteiger partial charge in [-0.2, -0.15) is 0 Å². The Labute approximate surface area is 130 Å². The summed E-state index contributed by atoms with van der Waals surface area (Å²) in [5, 5.41) is 9.81. The predicted octanol–water partition coefficient (Wildman–Crippen LogP) is 4.94. The molecule has 116 valence electrons. The van der Waals surface area contributed by atoms with Crippen LogP contribution >= 0.6 is 11.6 Å². The molecular weight excluding hydrogens is 291 g/mol. The third kappa shape index (κ3) is 3.97. The molecule has 0 amide bonds. The topological polar surface area (TPSA) is 37.3 Å². The van der Waals surface area contributed by atoms with Crippen LogP contribution in [0.4, 0.5) is 4.39 Å². The van der Waals surface area contributed by atoms with Crippen LogP contribution in [0.25, 0.3) is 0 Å². The molecule has 0 spiro atoms. The van der Waals surface area contributed by atoms with Gasteiger partial charge in [0.25, 0.3) is 0 Å². The monoisotopic (exact) mass is 312 g/mol. The molecular formula is C17H22ClFO2. The van der Waals surface area contributed by atoms with Crippen molar-refractivity contribution in [3.05, 3.63) is 34.6 Å². The largest absolute Gasteiger partial charge is 0.481 e. The van der Waals surface area contributed by atoms with Crippen LogP contribution in [0.3, 0.4) is 0 Å². The van der Waals surface area contributed by atoms with E-state index in [1.807, 2.05) is 0 Å². The first kappa shape index (κ1) is 16.3. The van der Waals surface area contributed by atoms with Gasteiger partial charge in [0.2, 0.25) is 0 Å². The van der Waals surface area contributed by atoms with Gasteiger partial charge in [-0.25, -0.2) is 4.39 Å². The molecule has 1 fully saturated rings. The van der Waals surface area contributed by atoms with E-state index in [0.29, 0.717) is 29.3 Å². The quantitative estimate of drug-likeness (QED) is 0.836. The standard InChI is InChI=1S/C17H22ClFO2/c1-2-4-11-7-8-13(17(20)21)12(9-11)10-14-15(18)5-3-6-16(14)19/h3,5-6,11-13H,2,4,7-10H2,1H3,(H,20,21). The first-order valence-corrected chi connectivity index (χ1v) is 8.06. The van der Waals surface area contributed by atoms with Crippen LogP contribution in [0.2, 0.25) is 5.02 Å². The van der Waals surface area contributed by atoms with Gasteiger partial charge >= 0.3 is 5.97 Å². The van der Waals surface area contributed by atoms with Crippen molar-refractivity contribution in [3.8, 4) is 0 Å². The SMILES string of the molecule is CCCC1CCC(C(=O)O)C(Cc2c(F)cccc2Cl)C1. The lowest BCUT2D eigenvalue weighted by Crippen LogP contribution is -2.32. The molecule has 1 aromatic rings. The van der Waals surface area contributed by atoms with E-state index in [9.17, 15) is 14.3 Å². The molecule has 0 saturated heterocycles. The molecule has 2 nitrogen and oxygen atoms in total. The van der Waals surface area contributed by atoms with Crippen molar-refractivity contribution in [2.75, 3.05) is 0 Å². The zero-order valence-corrected chi connectivity index (χ0v) is 13.1. The van der Waals surface area contributed by atoms with Crippen molar-refractivity contribution in [1.82, 2.24) is 0 Å². The highest BCUT2D eigenvalue weighted by Crippen LogP contribution is 2.39. The van der Waals surface area contributed by atoms with Gasteiger partial charge in [0, 0.05) is 10.6 Å². The Bertz CT molecular complexity index is 483. The average Bonchev–Trinajstić information content (AvgIpc) is 2.43. The van der Waals surface area contributed by atoms with Gasteiger partial charge in [-0.05, 0) is 49.7 Å². The normalized spacial score (nSPS) is 25.8. The highest BCUT2D eigenvalue weighted by Gasteiger charge is 2.35. The number of hydrogen-bond donors (Lipinski definition) is 1. The second-order valence-electron chi connectivity index (χ2n) is 6.08. The highest BCUT2D eigenvalue weighted by atomic mass is 35.5. The fourth-order valence-corrected chi connectivity index (χ4v) is 3.81. The fourth-order valence-electron chi connectivity index (χ4n) is 3.57. The highest BCUT2D eigenvalue weighted by molar-refractivity contribution is 6.31. The summed E-state index contributed by atoms with van der Waals surface area (Å²) in [5.74, 6) is -0.941. The maximum absolute atomic E-state index is 13.9. The summed E-state index contributed by atoms with van der Waals surface area (Å²) in [5.41, 5.74) is 0.465. The van der Waals surface area contributed by atoms with E-state index in [-0.39, 0.29) is 17.7 Å². The van der Waals surface area contributed by atoms with E-state index in [1.54, 1.807) is 12.1 Å². The predicted molar refractivity (Wildman–Crippen MR) is 82.0 cm³/mol. The Balaban J connectivity index is 2.18. The Morgan fingerprint density at radius 2 is 2.19 bits per heavy atom. The summed E-state index contributed by atoms with van der Waals surface area (Å²) in [7, 11) is 0. The minimum Gasteiger partial charge on any atom is -0.481 e. The number of aliphatic carboxylic acids is 1. The zero-order chi connectivity index (χ0) is 15.4. The molecule has 2 rings (SSSR count). The lowest BCUT2D eigenvalue weighted by Gasteiger charge is -2.34. The summed E-state index contributed by atoms with van der Waals surface area (Å²) >= 11 is 6.09. The van der Waals surface area contributed by atoms with Gasteiger partial charge in [-0.1, -0.05) is 37.4 Å². The molecule has 21 heavy (non-hydrogen) atoms. The van der Waals surface area contributed by atoms with Crippen LogP contribution in [-0.4, -0.2) is 11.1 Å². The summed E-state index contributed by atoms with van der Waals surface area (Å²) in [6.45, 7) is 2.14. The van der Waals surface area contributed by atoms with Crippen LogP contribution in [-0.2, 0) is 11.2 Å². The van der Waals surface area contributed by atoms with Gasteiger partial charge in [0.15, 0.2) is 0 Å². The van der Waals surface area contributed by atoms with Gasteiger partial charge < -0.3 is 5.11 Å². The molecule has 1 N–H and O–H groups in total. The Morgan fingerprint density at radius 3 is 2.81 bits per heavy atom. The molecule has 0 bridgehead atoms. The van der Waals surface area contributed by atoms with E-state index in [4.69, 9.17) is 11.6 Å². The molecule has 3 atom stereocenters. The summed E-state index contributed by atoms with van der Waals surface area (Å²) in [6.07, 6.45) is 5.16. The molecule has 3 unspecified atom stereocenters. The Kier molecular flexibility index (Phi) is 5.63. The van der Waals surface area contributed by atoms with Gasteiger partial charge in [0.1, 0.15) is 5.82 Å². The van der Waals surface area contributed by atoms with E-state index in [0.717, 1.165) is 25.7 Å². The summed E-state index contributed by atoms with van der Waals surface area (Å²) in [4.78, 5) is 11.5. The zero-order valence-electron chi connectivity index (χ0n) is 12.3. The minimum atomic E-state index is -0.762. The number of hydrogen-bond acceptors (Lipinski definition) is 1. The van der Waals surface area contributed by atoms with Gasteiger partial charge in [-0.15, -0.1) is 0 Å². The maximum Gasteiger partial charge on any atom is 0.306 e. The fraction of sp³-hybridized carbons (Fsp3) is 0.588. The average molecular weight is 313 g/mol. The van der Waals surface area contributed by atoms with Crippen molar-refractivity contribution < 1.29 is 14.3 Å². The summed E-state index contributed by atoms with van der Waals surface area (Å²) in [6, 6.07) is 4.64. The lowest BCUT2D eigenvalue weighted by atomic mass is 9.70. The first-order valence-electron chi connectivity index (χ1n) is 7.68. The van der Waals surface area contributed by atoms with Crippen molar-refractivity contribution >= 4 is 17.6 Å². The molecule has 1 aliphatic carbocycles. The van der Waals surface area contributed by atoms with E-state index < -0.39 is 5.97 Å². The van der Waals surface area contributed by atoms with Crippen LogP contribution in [0, 0.1) is 23.6 Å². The Hall–Kier alpha value is -1.09. The molecule has 0 radical (unpaired) electrons. The van der Waals surface area contributed by atoms with Crippen molar-refractivity contribution in [2.24, 2.45) is 17.8 Å². The number of rotatable bonds is 5. The molecule has 0 heterocycles. The third-order valence-corrected chi connectivity index (χ3v) is 4.99. The van der Waals surface area contributed by atoms with E-state index in [2.05, 4.69) is 6.92 Å². The minimum absolute atomic E-state index is 0.0257. The maximum atomic E-state index is 13.9. The lowest BCUT2D eigenvalue weighted by molar-refractivity contribution is -0.145. The van der Waals surface area contributed by atoms with Crippen molar-refractivity contribution in [2.45, 2.75) is 45.4 Å². The summed E-state index contributed by atoms with van der Waals surface area (Å²) < 4.78 is 13.9. The van der Waals surface area contributed by atoms with Gasteiger partial charge in [0.05, 0.1) is 5.92 Å². The number of halogens is 2. The molecule has 1 saturated carbocycles. The molecule has 0 aromatic heterocycles. The first-order chi connectivity index (χ1) is 10.0. The van der Waals surface area contributed by atoms with Crippen LogP contribution in [0.1, 0.15) is 44.6 Å². The number of benzene rings is 1. The molecule has 0 aliphatic heterocycles. The smallest absolute Gasteiger partial charge is 0.306 e. The van der Waals surface area contributed by atoms with Crippen LogP contribution in [0.15, 0.2) is 18.2 Å². The molecule has 1 aromatic carbocycles. The number of carboxylic acid groups (broad SMARTS) is 1. The molecule has 1 aliphatic rings. The third-order valence-electron chi connectivity index (χ3n) is 4.63. The van der Waals surface area contributed by atoms with Crippen LogP contribution < -0.4 is 0 Å².